The van der Waals surface area contributed by atoms with Gasteiger partial charge in [-0.1, -0.05) is 18.7 Å². The molecular formula is C20H30N4O3S2. The number of hydrogen-bond acceptors (Lipinski definition) is 9. The molecule has 0 fully saturated rings. The zero-order valence-electron chi connectivity index (χ0n) is 16.9. The second-order valence-electron chi connectivity index (χ2n) is 6.19. The number of unbranched alkanes of at least 4 members (excludes halogenated alkanes) is 2. The highest BCUT2D eigenvalue weighted by atomic mass is 32.2. The third kappa shape index (κ3) is 12.1. The van der Waals surface area contributed by atoms with E-state index >= 15 is 0 Å². The summed E-state index contributed by atoms with van der Waals surface area (Å²) in [4.78, 5) is 27.2. The molecule has 0 amide bonds. The molecule has 0 N–H and O–H groups in total. The molecule has 2 heterocycles. The molecule has 0 spiro atoms. The van der Waals surface area contributed by atoms with E-state index in [-0.39, 0.29) is 5.44 Å². The van der Waals surface area contributed by atoms with Crippen molar-refractivity contribution < 1.29 is 14.5 Å². The van der Waals surface area contributed by atoms with Crippen LogP contribution in [0.5, 0.6) is 0 Å². The van der Waals surface area contributed by atoms with Gasteiger partial charge in [-0.05, 0) is 56.4 Å². The van der Waals surface area contributed by atoms with Crippen LogP contribution >= 0.6 is 23.5 Å². The first-order valence-electron chi connectivity index (χ1n) is 10.1. The Balaban J connectivity index is 1.44. The van der Waals surface area contributed by atoms with Crippen LogP contribution in [-0.4, -0.2) is 50.9 Å². The van der Waals surface area contributed by atoms with Crippen LogP contribution in [0, 0.1) is 0 Å². The third-order valence-corrected chi connectivity index (χ3v) is 5.80. The van der Waals surface area contributed by atoms with Crippen LogP contribution in [0.25, 0.3) is 0 Å². The molecule has 7 nitrogen and oxygen atoms in total. The minimum absolute atomic E-state index is 0.0747. The Hall–Kier alpha value is -1.26. The maximum Gasteiger partial charge on any atom is 0.189 e. The lowest BCUT2D eigenvalue weighted by Gasteiger charge is -2.16. The van der Waals surface area contributed by atoms with Crippen LogP contribution in [0.15, 0.2) is 47.2 Å². The van der Waals surface area contributed by atoms with E-state index in [9.17, 15) is 0 Å². The maximum atomic E-state index is 5.91. The maximum absolute atomic E-state index is 5.91. The smallest absolute Gasteiger partial charge is 0.189 e. The SMILES string of the molecule is CCCOC(CCCCOOCCCCSc1ccncn1)Sc1ncccn1. The van der Waals surface area contributed by atoms with Gasteiger partial charge in [-0.2, -0.15) is 0 Å². The minimum atomic E-state index is 0.0747. The van der Waals surface area contributed by atoms with Crippen molar-refractivity contribution in [2.75, 3.05) is 25.6 Å². The summed E-state index contributed by atoms with van der Waals surface area (Å²) in [6.45, 7) is 4.08. The van der Waals surface area contributed by atoms with E-state index in [1.807, 2.05) is 12.1 Å². The molecule has 0 aliphatic rings. The number of rotatable bonds is 17. The van der Waals surface area contributed by atoms with Gasteiger partial charge in [0.25, 0.3) is 0 Å². The van der Waals surface area contributed by atoms with Crippen LogP contribution in [0.2, 0.25) is 0 Å². The number of nitrogens with zero attached hydrogens (tertiary/aromatic N) is 4. The summed E-state index contributed by atoms with van der Waals surface area (Å²) < 4.78 is 5.91. The number of thioether (sulfide) groups is 2. The lowest BCUT2D eigenvalue weighted by molar-refractivity contribution is -0.295. The van der Waals surface area contributed by atoms with Gasteiger partial charge in [0.15, 0.2) is 5.16 Å². The van der Waals surface area contributed by atoms with Crippen molar-refractivity contribution in [3.05, 3.63) is 37.1 Å². The van der Waals surface area contributed by atoms with Crippen molar-refractivity contribution in [1.29, 1.82) is 0 Å². The average molecular weight is 439 g/mol. The molecule has 0 radical (unpaired) electrons. The van der Waals surface area contributed by atoms with Crippen LogP contribution in [0.4, 0.5) is 0 Å². The van der Waals surface area contributed by atoms with Gasteiger partial charge in [-0.15, -0.1) is 11.8 Å². The van der Waals surface area contributed by atoms with Gasteiger partial charge in [0, 0.05) is 25.2 Å². The lowest BCUT2D eigenvalue weighted by atomic mass is 10.2. The predicted molar refractivity (Wildman–Crippen MR) is 116 cm³/mol. The average Bonchev–Trinajstić information content (AvgIpc) is 2.77. The van der Waals surface area contributed by atoms with E-state index in [1.54, 1.807) is 48.4 Å². The molecule has 1 atom stereocenters. The van der Waals surface area contributed by atoms with Crippen LogP contribution in [0.3, 0.4) is 0 Å². The minimum Gasteiger partial charge on any atom is -0.367 e. The van der Waals surface area contributed by atoms with Gasteiger partial charge in [-0.25, -0.2) is 29.7 Å². The highest BCUT2D eigenvalue weighted by molar-refractivity contribution is 7.99. The zero-order chi connectivity index (χ0) is 20.4. The first-order valence-corrected chi connectivity index (χ1v) is 11.9. The largest absolute Gasteiger partial charge is 0.367 e. The summed E-state index contributed by atoms with van der Waals surface area (Å²) in [6.07, 6.45) is 12.8. The molecule has 2 rings (SSSR count). The Labute approximate surface area is 181 Å². The third-order valence-electron chi connectivity index (χ3n) is 3.71. The molecule has 0 aliphatic carbocycles. The Bertz CT molecular complexity index is 626. The first-order chi connectivity index (χ1) is 14.4. The lowest BCUT2D eigenvalue weighted by Crippen LogP contribution is -2.11. The van der Waals surface area contributed by atoms with E-state index in [1.165, 1.54) is 0 Å². The molecular weight excluding hydrogens is 408 g/mol. The fourth-order valence-electron chi connectivity index (χ4n) is 2.28. The second kappa shape index (κ2) is 16.5. The van der Waals surface area contributed by atoms with Crippen LogP contribution < -0.4 is 0 Å². The molecule has 160 valence electrons. The number of aromatic nitrogens is 4. The van der Waals surface area contributed by atoms with E-state index in [0.717, 1.165) is 61.1 Å². The summed E-state index contributed by atoms with van der Waals surface area (Å²) in [5.41, 5.74) is 0.0747. The highest BCUT2D eigenvalue weighted by Crippen LogP contribution is 2.24. The van der Waals surface area contributed by atoms with E-state index in [2.05, 4.69) is 26.9 Å². The molecule has 2 aromatic heterocycles. The monoisotopic (exact) mass is 438 g/mol. The Morgan fingerprint density at radius 3 is 2.45 bits per heavy atom. The summed E-state index contributed by atoms with van der Waals surface area (Å²) in [7, 11) is 0. The first kappa shape index (κ1) is 24.0. The van der Waals surface area contributed by atoms with E-state index in [4.69, 9.17) is 14.5 Å². The summed E-state index contributed by atoms with van der Waals surface area (Å²) >= 11 is 3.31. The molecule has 0 bridgehead atoms. The zero-order valence-corrected chi connectivity index (χ0v) is 18.6. The van der Waals surface area contributed by atoms with Gasteiger partial charge in [0.1, 0.15) is 11.8 Å². The predicted octanol–water partition coefficient (Wildman–Crippen LogP) is 4.80. The van der Waals surface area contributed by atoms with Crippen LogP contribution in [0.1, 0.15) is 45.4 Å². The Kier molecular flexibility index (Phi) is 13.7. The Morgan fingerprint density at radius 1 is 0.931 bits per heavy atom. The van der Waals surface area contributed by atoms with E-state index < -0.39 is 0 Å². The summed E-state index contributed by atoms with van der Waals surface area (Å²) in [5, 5.41) is 1.77. The molecule has 1 unspecified atom stereocenters. The molecule has 0 saturated carbocycles. The van der Waals surface area contributed by atoms with Crippen molar-refractivity contribution in [3.63, 3.8) is 0 Å². The topological polar surface area (TPSA) is 79.2 Å². The molecule has 0 aromatic carbocycles. The molecule has 2 aromatic rings. The molecule has 9 heteroatoms. The fraction of sp³-hybridized carbons (Fsp3) is 0.600. The van der Waals surface area contributed by atoms with E-state index in [0.29, 0.717) is 13.2 Å². The highest BCUT2D eigenvalue weighted by Gasteiger charge is 2.12. The summed E-state index contributed by atoms with van der Waals surface area (Å²) in [5.74, 6) is 1.02. The molecule has 0 aliphatic heterocycles. The van der Waals surface area contributed by atoms with Gasteiger partial charge < -0.3 is 4.74 Å². The number of hydrogen-bond donors (Lipinski definition) is 0. The van der Waals surface area contributed by atoms with Gasteiger partial charge >= 0.3 is 0 Å². The van der Waals surface area contributed by atoms with Gasteiger partial charge in [0.2, 0.25) is 0 Å². The van der Waals surface area contributed by atoms with Crippen molar-refractivity contribution in [1.82, 2.24) is 19.9 Å². The van der Waals surface area contributed by atoms with Gasteiger partial charge in [0.05, 0.1) is 18.2 Å². The molecule has 0 saturated heterocycles. The quantitative estimate of drug-likeness (QED) is 0.0658. The molecule has 29 heavy (non-hydrogen) atoms. The summed E-state index contributed by atoms with van der Waals surface area (Å²) in [6, 6.07) is 3.74. The van der Waals surface area contributed by atoms with Crippen molar-refractivity contribution in [2.24, 2.45) is 0 Å². The van der Waals surface area contributed by atoms with Crippen molar-refractivity contribution in [2.45, 2.75) is 61.1 Å². The standard InChI is InChI=1S/C20H30N4O3S2/c1-2-13-25-19(29-20-22-10-7-11-23-20)8-3-4-14-26-27-15-5-6-16-28-18-9-12-21-17-24-18/h7,9-12,17,19H,2-6,8,13-16H2,1H3. The second-order valence-corrected chi connectivity index (χ2v) is 8.43. The Morgan fingerprint density at radius 2 is 1.72 bits per heavy atom. The fourth-order valence-corrected chi connectivity index (χ4v) is 4.05. The normalized spacial score (nSPS) is 12.2. The van der Waals surface area contributed by atoms with Crippen molar-refractivity contribution in [3.8, 4) is 0 Å². The number of ether oxygens (including phenoxy) is 1. The van der Waals surface area contributed by atoms with Crippen LogP contribution in [-0.2, 0) is 14.5 Å². The van der Waals surface area contributed by atoms with Crippen molar-refractivity contribution >= 4 is 23.5 Å². The van der Waals surface area contributed by atoms with Gasteiger partial charge in [-0.3, -0.25) is 0 Å².